The molecular formula is C18H32N2. The van der Waals surface area contributed by atoms with E-state index < -0.39 is 0 Å². The third-order valence-electron chi connectivity index (χ3n) is 3.55. The van der Waals surface area contributed by atoms with Crippen LogP contribution in [0.25, 0.3) is 0 Å². The number of nitrogens with one attached hydrogen (secondary N) is 1. The molecule has 1 aromatic carbocycles. The van der Waals surface area contributed by atoms with Gasteiger partial charge in [0.05, 0.1) is 0 Å². The molecule has 0 fully saturated rings. The predicted molar refractivity (Wildman–Crippen MR) is 89.2 cm³/mol. The lowest BCUT2D eigenvalue weighted by Gasteiger charge is -2.24. The van der Waals surface area contributed by atoms with Gasteiger partial charge in [0.2, 0.25) is 0 Å². The maximum absolute atomic E-state index is 3.58. The summed E-state index contributed by atoms with van der Waals surface area (Å²) < 4.78 is 0. The molecule has 1 unspecified atom stereocenters. The molecule has 2 heteroatoms. The lowest BCUT2D eigenvalue weighted by Crippen LogP contribution is -2.38. The number of hydrogen-bond donors (Lipinski definition) is 1. The predicted octanol–water partition coefficient (Wildman–Crippen LogP) is 4.02. The van der Waals surface area contributed by atoms with Crippen molar-refractivity contribution in [2.24, 2.45) is 0 Å². The average molecular weight is 276 g/mol. The van der Waals surface area contributed by atoms with Crippen LogP contribution in [0.4, 0.5) is 0 Å². The van der Waals surface area contributed by atoms with E-state index in [1.54, 1.807) is 0 Å². The van der Waals surface area contributed by atoms with Crippen molar-refractivity contribution in [3.05, 3.63) is 35.4 Å². The van der Waals surface area contributed by atoms with Crippen molar-refractivity contribution < 1.29 is 0 Å². The van der Waals surface area contributed by atoms with Crippen molar-refractivity contribution in [2.45, 2.75) is 59.0 Å². The molecule has 1 aromatic rings. The third kappa shape index (κ3) is 6.53. The van der Waals surface area contributed by atoms with Crippen LogP contribution >= 0.6 is 0 Å². The summed E-state index contributed by atoms with van der Waals surface area (Å²) in [6.07, 6.45) is 1.21. The Morgan fingerprint density at radius 3 is 2.25 bits per heavy atom. The van der Waals surface area contributed by atoms with E-state index in [-0.39, 0.29) is 5.54 Å². The fraction of sp³-hybridized carbons (Fsp3) is 0.667. The highest BCUT2D eigenvalue weighted by atomic mass is 15.1. The zero-order valence-electron chi connectivity index (χ0n) is 14.2. The van der Waals surface area contributed by atoms with Crippen LogP contribution in [-0.4, -0.2) is 30.6 Å². The van der Waals surface area contributed by atoms with Gasteiger partial charge in [-0.05, 0) is 57.8 Å². The monoisotopic (exact) mass is 276 g/mol. The van der Waals surface area contributed by atoms with Gasteiger partial charge in [0.1, 0.15) is 0 Å². The highest BCUT2D eigenvalue weighted by Gasteiger charge is 2.12. The molecule has 0 saturated carbocycles. The van der Waals surface area contributed by atoms with E-state index in [1.165, 1.54) is 17.5 Å². The lowest BCUT2D eigenvalue weighted by molar-refractivity contribution is 0.327. The Bertz CT molecular complexity index is 375. The van der Waals surface area contributed by atoms with E-state index in [9.17, 15) is 0 Å². The molecule has 0 bridgehead atoms. The van der Waals surface area contributed by atoms with Crippen LogP contribution in [0, 0.1) is 0 Å². The van der Waals surface area contributed by atoms with Crippen molar-refractivity contribution >= 4 is 0 Å². The van der Waals surface area contributed by atoms with Gasteiger partial charge in [-0.15, -0.1) is 0 Å². The van der Waals surface area contributed by atoms with E-state index in [0.29, 0.717) is 5.92 Å². The quantitative estimate of drug-likeness (QED) is 0.809. The number of rotatable bonds is 7. The van der Waals surface area contributed by atoms with E-state index in [0.717, 1.165) is 19.6 Å². The first-order chi connectivity index (χ1) is 9.31. The van der Waals surface area contributed by atoms with Crippen LogP contribution in [0.3, 0.4) is 0 Å². The summed E-state index contributed by atoms with van der Waals surface area (Å²) in [6.45, 7) is 14.4. The topological polar surface area (TPSA) is 15.3 Å². The first kappa shape index (κ1) is 17.2. The Kier molecular flexibility index (Phi) is 6.70. The van der Waals surface area contributed by atoms with Crippen molar-refractivity contribution in [2.75, 3.05) is 20.1 Å². The summed E-state index contributed by atoms with van der Waals surface area (Å²) in [7, 11) is 2.19. The van der Waals surface area contributed by atoms with Crippen LogP contribution in [0.5, 0.6) is 0 Å². The van der Waals surface area contributed by atoms with E-state index >= 15 is 0 Å². The Morgan fingerprint density at radius 1 is 1.15 bits per heavy atom. The molecule has 0 aliphatic rings. The van der Waals surface area contributed by atoms with Gasteiger partial charge < -0.3 is 10.2 Å². The smallest absolute Gasteiger partial charge is 0.0230 e. The second kappa shape index (κ2) is 7.80. The van der Waals surface area contributed by atoms with Crippen LogP contribution in [-0.2, 0) is 6.54 Å². The van der Waals surface area contributed by atoms with Gasteiger partial charge in [0.25, 0.3) is 0 Å². The molecule has 20 heavy (non-hydrogen) atoms. The van der Waals surface area contributed by atoms with Crippen LogP contribution < -0.4 is 5.32 Å². The first-order valence-corrected chi connectivity index (χ1v) is 7.84. The van der Waals surface area contributed by atoms with Gasteiger partial charge in [-0.3, -0.25) is 0 Å². The highest BCUT2D eigenvalue weighted by molar-refractivity contribution is 5.25. The van der Waals surface area contributed by atoms with Crippen LogP contribution in [0.1, 0.15) is 58.1 Å². The molecule has 2 nitrogen and oxygen atoms in total. The third-order valence-corrected chi connectivity index (χ3v) is 3.55. The SMILES string of the molecule is CCCN(C)Cc1ccc(C(C)CNC(C)(C)C)cc1. The second-order valence-electron chi connectivity index (χ2n) is 7.01. The number of nitrogens with zero attached hydrogens (tertiary/aromatic N) is 1. The fourth-order valence-electron chi connectivity index (χ4n) is 2.30. The fourth-order valence-corrected chi connectivity index (χ4v) is 2.30. The molecule has 1 atom stereocenters. The van der Waals surface area contributed by atoms with Crippen LogP contribution in [0.2, 0.25) is 0 Å². The maximum Gasteiger partial charge on any atom is 0.0230 e. The number of hydrogen-bond acceptors (Lipinski definition) is 2. The molecule has 1 rings (SSSR count). The zero-order chi connectivity index (χ0) is 15.2. The molecule has 0 aliphatic heterocycles. The Labute approximate surface area is 125 Å². The largest absolute Gasteiger partial charge is 0.311 e. The molecule has 0 spiro atoms. The minimum absolute atomic E-state index is 0.192. The average Bonchev–Trinajstić information content (AvgIpc) is 2.36. The van der Waals surface area contributed by atoms with Gasteiger partial charge in [-0.1, -0.05) is 38.1 Å². The molecule has 1 N–H and O–H groups in total. The van der Waals surface area contributed by atoms with E-state index in [2.05, 4.69) is 76.1 Å². The highest BCUT2D eigenvalue weighted by Crippen LogP contribution is 2.17. The van der Waals surface area contributed by atoms with E-state index in [4.69, 9.17) is 0 Å². The molecule has 0 aromatic heterocycles. The van der Waals surface area contributed by atoms with Gasteiger partial charge in [-0.2, -0.15) is 0 Å². The van der Waals surface area contributed by atoms with Crippen LogP contribution in [0.15, 0.2) is 24.3 Å². The van der Waals surface area contributed by atoms with Crippen molar-refractivity contribution in [3.8, 4) is 0 Å². The maximum atomic E-state index is 3.58. The minimum Gasteiger partial charge on any atom is -0.311 e. The van der Waals surface area contributed by atoms with Crippen molar-refractivity contribution in [1.82, 2.24) is 10.2 Å². The summed E-state index contributed by atoms with van der Waals surface area (Å²) in [5.41, 5.74) is 3.01. The van der Waals surface area contributed by atoms with Gasteiger partial charge >= 0.3 is 0 Å². The molecule has 0 radical (unpaired) electrons. The van der Waals surface area contributed by atoms with Crippen molar-refractivity contribution in [1.29, 1.82) is 0 Å². The summed E-state index contributed by atoms with van der Waals surface area (Å²) in [6, 6.07) is 9.11. The molecule has 114 valence electrons. The first-order valence-electron chi connectivity index (χ1n) is 7.84. The normalized spacial score (nSPS) is 13.8. The molecule has 0 saturated heterocycles. The summed E-state index contributed by atoms with van der Waals surface area (Å²) in [5, 5.41) is 3.58. The lowest BCUT2D eigenvalue weighted by atomic mass is 9.98. The van der Waals surface area contributed by atoms with Gasteiger partial charge in [0.15, 0.2) is 0 Å². The molecule has 0 aliphatic carbocycles. The summed E-state index contributed by atoms with van der Waals surface area (Å²) in [5.74, 6) is 0.552. The summed E-state index contributed by atoms with van der Waals surface area (Å²) in [4.78, 5) is 2.37. The number of benzene rings is 1. The zero-order valence-corrected chi connectivity index (χ0v) is 14.2. The van der Waals surface area contributed by atoms with Crippen molar-refractivity contribution in [3.63, 3.8) is 0 Å². The Balaban J connectivity index is 2.53. The molecule has 0 heterocycles. The minimum atomic E-state index is 0.192. The standard InChI is InChI=1S/C18H32N2/c1-7-12-20(6)14-16-8-10-17(11-9-16)15(2)13-19-18(3,4)5/h8-11,15,19H,7,12-14H2,1-6H3. The molecular weight excluding hydrogens is 244 g/mol. The summed E-state index contributed by atoms with van der Waals surface area (Å²) >= 11 is 0. The van der Waals surface area contributed by atoms with Gasteiger partial charge in [0, 0.05) is 18.6 Å². The Hall–Kier alpha value is -0.860. The van der Waals surface area contributed by atoms with E-state index in [1.807, 2.05) is 0 Å². The van der Waals surface area contributed by atoms with Gasteiger partial charge in [-0.25, -0.2) is 0 Å². The molecule has 0 amide bonds. The Morgan fingerprint density at radius 2 is 1.75 bits per heavy atom. The second-order valence-corrected chi connectivity index (χ2v) is 7.01.